The van der Waals surface area contributed by atoms with Crippen LogP contribution < -0.4 is 10.2 Å². The van der Waals surface area contributed by atoms with Crippen LogP contribution in [0.3, 0.4) is 0 Å². The zero-order valence-electron chi connectivity index (χ0n) is 10.5. The summed E-state index contributed by atoms with van der Waals surface area (Å²) in [7, 11) is 0. The van der Waals surface area contributed by atoms with Gasteiger partial charge in [-0.15, -0.1) is 0 Å². The molecule has 0 radical (unpaired) electrons. The number of nitrogens with one attached hydrogen (secondary N) is 1. The summed E-state index contributed by atoms with van der Waals surface area (Å²) in [6.45, 7) is 2.77. The predicted molar refractivity (Wildman–Crippen MR) is 73.9 cm³/mol. The second-order valence-corrected chi connectivity index (χ2v) is 6.00. The summed E-state index contributed by atoms with van der Waals surface area (Å²) in [6, 6.07) is 1.13. The van der Waals surface area contributed by atoms with Crippen LogP contribution in [0.25, 0.3) is 0 Å². The van der Waals surface area contributed by atoms with Crippen LogP contribution in [0.15, 0.2) is 16.6 Å². The van der Waals surface area contributed by atoms with Gasteiger partial charge >= 0.3 is 6.03 Å². The standard InChI is InChI=1S/C12H9BrClFN2O3/c1-12(2)9(18)16-11(20)17(10(12)19)8-6(13)3-5(15)4-7(8)14/h3-4H,1-2H3,(H,16,18,20). The predicted octanol–water partition coefficient (Wildman–Crippen LogP) is 2.85. The summed E-state index contributed by atoms with van der Waals surface area (Å²) in [5.41, 5.74) is -1.43. The Morgan fingerprint density at radius 3 is 2.45 bits per heavy atom. The van der Waals surface area contributed by atoms with Gasteiger partial charge in [-0.1, -0.05) is 11.6 Å². The van der Waals surface area contributed by atoms with Gasteiger partial charge in [-0.05, 0) is 41.9 Å². The van der Waals surface area contributed by atoms with E-state index >= 15 is 0 Å². The summed E-state index contributed by atoms with van der Waals surface area (Å²) >= 11 is 8.96. The van der Waals surface area contributed by atoms with Crippen molar-refractivity contribution in [2.45, 2.75) is 13.8 Å². The minimum absolute atomic E-state index is 0.00357. The van der Waals surface area contributed by atoms with E-state index < -0.39 is 29.1 Å². The van der Waals surface area contributed by atoms with E-state index in [0.29, 0.717) is 0 Å². The van der Waals surface area contributed by atoms with Crippen LogP contribution >= 0.6 is 27.5 Å². The molecule has 2 rings (SSSR count). The van der Waals surface area contributed by atoms with Crippen molar-refractivity contribution in [3.63, 3.8) is 0 Å². The van der Waals surface area contributed by atoms with Gasteiger partial charge in [0.25, 0.3) is 0 Å². The third-order valence-corrected chi connectivity index (χ3v) is 3.83. The van der Waals surface area contributed by atoms with E-state index in [9.17, 15) is 18.8 Å². The van der Waals surface area contributed by atoms with Gasteiger partial charge in [0, 0.05) is 4.47 Å². The van der Waals surface area contributed by atoms with Gasteiger partial charge in [0.15, 0.2) is 0 Å². The fraction of sp³-hybridized carbons (Fsp3) is 0.250. The Morgan fingerprint density at radius 1 is 1.30 bits per heavy atom. The van der Waals surface area contributed by atoms with E-state index in [1.54, 1.807) is 0 Å². The molecule has 5 nitrogen and oxygen atoms in total. The van der Waals surface area contributed by atoms with E-state index in [1.165, 1.54) is 13.8 Å². The maximum Gasteiger partial charge on any atom is 0.335 e. The second kappa shape index (κ2) is 4.82. The molecule has 1 saturated heterocycles. The first-order valence-electron chi connectivity index (χ1n) is 5.50. The number of carbonyl (C=O) groups excluding carboxylic acids is 3. The van der Waals surface area contributed by atoms with E-state index in [0.717, 1.165) is 17.0 Å². The molecule has 8 heteroatoms. The van der Waals surface area contributed by atoms with Gasteiger partial charge in [-0.3, -0.25) is 14.9 Å². The fourth-order valence-electron chi connectivity index (χ4n) is 1.73. The molecule has 0 unspecified atom stereocenters. The summed E-state index contributed by atoms with van der Waals surface area (Å²) in [5.74, 6) is -2.05. The van der Waals surface area contributed by atoms with Crippen LogP contribution in [-0.2, 0) is 9.59 Å². The Morgan fingerprint density at radius 2 is 1.90 bits per heavy atom. The van der Waals surface area contributed by atoms with Crippen LogP contribution in [-0.4, -0.2) is 17.8 Å². The van der Waals surface area contributed by atoms with Crippen molar-refractivity contribution in [2.75, 3.05) is 4.90 Å². The number of benzene rings is 1. The molecule has 0 aliphatic carbocycles. The number of hydrogen-bond donors (Lipinski definition) is 1. The van der Waals surface area contributed by atoms with Gasteiger partial charge in [0.05, 0.1) is 10.7 Å². The van der Waals surface area contributed by atoms with Crippen molar-refractivity contribution in [3.8, 4) is 0 Å². The number of nitrogens with zero attached hydrogens (tertiary/aromatic N) is 1. The molecular formula is C12H9BrClFN2O3. The van der Waals surface area contributed by atoms with Crippen LogP contribution in [0, 0.1) is 11.2 Å². The van der Waals surface area contributed by atoms with Crippen LogP contribution in [0.4, 0.5) is 14.9 Å². The molecule has 0 spiro atoms. The fourth-order valence-corrected chi connectivity index (χ4v) is 2.74. The molecule has 1 aliphatic rings. The van der Waals surface area contributed by atoms with Gasteiger partial charge in [0.1, 0.15) is 11.2 Å². The van der Waals surface area contributed by atoms with Gasteiger partial charge in [-0.25, -0.2) is 14.1 Å². The molecule has 0 saturated carbocycles. The summed E-state index contributed by atoms with van der Waals surface area (Å²) in [4.78, 5) is 36.6. The molecule has 106 valence electrons. The lowest BCUT2D eigenvalue weighted by Crippen LogP contribution is -2.62. The van der Waals surface area contributed by atoms with Crippen LogP contribution in [0.5, 0.6) is 0 Å². The number of imide groups is 2. The van der Waals surface area contributed by atoms with Crippen molar-refractivity contribution < 1.29 is 18.8 Å². The summed E-state index contributed by atoms with van der Waals surface area (Å²) < 4.78 is 13.3. The molecule has 0 aromatic heterocycles. The molecule has 1 aromatic rings. The first-order valence-corrected chi connectivity index (χ1v) is 6.68. The maximum atomic E-state index is 13.2. The quantitative estimate of drug-likeness (QED) is 0.780. The molecule has 1 aromatic carbocycles. The molecule has 20 heavy (non-hydrogen) atoms. The number of anilines is 1. The number of urea groups is 1. The van der Waals surface area contributed by atoms with Crippen molar-refractivity contribution in [3.05, 3.63) is 27.4 Å². The Balaban J connectivity index is 2.60. The highest BCUT2D eigenvalue weighted by Gasteiger charge is 2.48. The van der Waals surface area contributed by atoms with Gasteiger partial charge in [-0.2, -0.15) is 0 Å². The molecule has 0 atom stereocenters. The molecule has 1 heterocycles. The highest BCUT2D eigenvalue weighted by atomic mass is 79.9. The summed E-state index contributed by atoms with van der Waals surface area (Å²) in [6.07, 6.45) is 0. The molecule has 0 bridgehead atoms. The lowest BCUT2D eigenvalue weighted by molar-refractivity contribution is -0.140. The topological polar surface area (TPSA) is 66.5 Å². The lowest BCUT2D eigenvalue weighted by Gasteiger charge is -2.35. The van der Waals surface area contributed by atoms with Crippen molar-refractivity contribution >= 4 is 51.1 Å². The SMILES string of the molecule is CC1(C)C(=O)NC(=O)N(c2c(Cl)cc(F)cc2Br)C1=O. The highest BCUT2D eigenvalue weighted by molar-refractivity contribution is 9.10. The average molecular weight is 364 g/mol. The summed E-state index contributed by atoms with van der Waals surface area (Å²) in [5, 5.41) is 1.95. The Bertz CT molecular complexity index is 625. The van der Waals surface area contributed by atoms with Gasteiger partial charge in [0.2, 0.25) is 11.8 Å². The number of hydrogen-bond acceptors (Lipinski definition) is 3. The smallest absolute Gasteiger partial charge is 0.276 e. The van der Waals surface area contributed by atoms with Gasteiger partial charge < -0.3 is 0 Å². The molecule has 1 fully saturated rings. The normalized spacial score (nSPS) is 18.2. The monoisotopic (exact) mass is 362 g/mol. The molecule has 1 aliphatic heterocycles. The van der Waals surface area contributed by atoms with E-state index in [2.05, 4.69) is 21.2 Å². The average Bonchev–Trinajstić information content (AvgIpc) is 2.30. The minimum atomic E-state index is -1.43. The van der Waals surface area contributed by atoms with Crippen molar-refractivity contribution in [1.29, 1.82) is 0 Å². The Kier molecular flexibility index (Phi) is 3.60. The molecular weight excluding hydrogens is 354 g/mol. The van der Waals surface area contributed by atoms with E-state index in [4.69, 9.17) is 11.6 Å². The number of barbiturate groups is 1. The van der Waals surface area contributed by atoms with Crippen molar-refractivity contribution in [1.82, 2.24) is 5.32 Å². The number of amides is 4. The minimum Gasteiger partial charge on any atom is -0.276 e. The van der Waals surface area contributed by atoms with Crippen LogP contribution in [0.2, 0.25) is 5.02 Å². The van der Waals surface area contributed by atoms with Crippen molar-refractivity contribution in [2.24, 2.45) is 5.41 Å². The molecule has 1 N–H and O–H groups in total. The Labute approximate surface area is 127 Å². The van der Waals surface area contributed by atoms with Crippen LogP contribution in [0.1, 0.15) is 13.8 Å². The first-order chi connectivity index (χ1) is 9.16. The maximum absolute atomic E-state index is 13.2. The zero-order valence-corrected chi connectivity index (χ0v) is 12.8. The first kappa shape index (κ1) is 14.9. The molecule has 4 amide bonds. The zero-order chi connectivity index (χ0) is 15.2. The number of carbonyl (C=O) groups is 3. The second-order valence-electron chi connectivity index (χ2n) is 4.74. The lowest BCUT2D eigenvalue weighted by atomic mass is 9.88. The third kappa shape index (κ3) is 2.20. The highest BCUT2D eigenvalue weighted by Crippen LogP contribution is 2.38. The largest absolute Gasteiger partial charge is 0.335 e. The number of rotatable bonds is 1. The third-order valence-electron chi connectivity index (χ3n) is 2.93. The number of halogens is 3. The Hall–Kier alpha value is -1.47. The van der Waals surface area contributed by atoms with E-state index in [-0.39, 0.29) is 15.2 Å². The van der Waals surface area contributed by atoms with E-state index in [1.807, 2.05) is 0 Å².